The first-order valence-corrected chi connectivity index (χ1v) is 10.7. The number of nitrogens with zero attached hydrogens (tertiary/aromatic N) is 1. The molecule has 6 unspecified atom stereocenters. The van der Waals surface area contributed by atoms with Crippen LogP contribution in [0.2, 0.25) is 0 Å². The van der Waals surface area contributed by atoms with Gasteiger partial charge in [0.05, 0.1) is 18.8 Å². The number of aliphatic hydroxyl groups excluding tert-OH is 1. The molecule has 3 rings (SSSR count). The highest BCUT2D eigenvalue weighted by atomic mass is 16.8. The molecule has 1 saturated heterocycles. The van der Waals surface area contributed by atoms with E-state index in [-0.39, 0.29) is 17.6 Å². The van der Waals surface area contributed by atoms with Crippen LogP contribution in [0.3, 0.4) is 0 Å². The molecule has 27 heavy (non-hydrogen) atoms. The van der Waals surface area contributed by atoms with E-state index in [2.05, 4.69) is 37.8 Å². The zero-order chi connectivity index (χ0) is 19.7. The summed E-state index contributed by atoms with van der Waals surface area (Å²) in [6.07, 6.45) is 10.2. The highest BCUT2D eigenvalue weighted by Gasteiger charge is 2.48. The van der Waals surface area contributed by atoms with E-state index in [0.29, 0.717) is 18.4 Å². The van der Waals surface area contributed by atoms with Crippen LogP contribution in [0.4, 0.5) is 0 Å². The van der Waals surface area contributed by atoms with Crippen molar-refractivity contribution in [3.63, 3.8) is 0 Å². The van der Waals surface area contributed by atoms with Crippen LogP contribution in [0.1, 0.15) is 59.3 Å². The van der Waals surface area contributed by atoms with E-state index in [0.717, 1.165) is 45.1 Å². The molecule has 1 heterocycles. The van der Waals surface area contributed by atoms with E-state index in [4.69, 9.17) is 14.2 Å². The standard InChI is InChI=1S/C22H39NO4/c1-16(2)21(3,15-23(4)5)20(24)25-14-17-9-10-18-19(13-17)27-22(26-18)11-7-6-8-12-22/h7,11,16-20,24H,6,8-10,12-15H2,1-5H3. The zero-order valence-corrected chi connectivity index (χ0v) is 17.8. The molecule has 2 aliphatic carbocycles. The second kappa shape index (κ2) is 8.50. The Hall–Kier alpha value is -0.460. The molecule has 1 N–H and O–H groups in total. The van der Waals surface area contributed by atoms with E-state index in [9.17, 15) is 5.11 Å². The SMILES string of the molecule is CC(C)C(C)(CN(C)C)C(O)OCC1CCC2OC3(C=CCCC3)OC2C1. The van der Waals surface area contributed by atoms with Gasteiger partial charge in [-0.05, 0) is 64.1 Å². The summed E-state index contributed by atoms with van der Waals surface area (Å²) >= 11 is 0. The lowest BCUT2D eigenvalue weighted by atomic mass is 9.77. The summed E-state index contributed by atoms with van der Waals surface area (Å²) in [5, 5.41) is 10.8. The Bertz CT molecular complexity index is 522. The fraction of sp³-hybridized carbons (Fsp3) is 0.909. The van der Waals surface area contributed by atoms with Gasteiger partial charge in [0.1, 0.15) is 0 Å². The molecule has 0 bridgehead atoms. The summed E-state index contributed by atoms with van der Waals surface area (Å²) in [4.78, 5) is 2.12. The Balaban J connectivity index is 1.52. The quantitative estimate of drug-likeness (QED) is 0.540. The minimum absolute atomic E-state index is 0.158. The maximum absolute atomic E-state index is 10.8. The van der Waals surface area contributed by atoms with Crippen molar-refractivity contribution >= 4 is 0 Å². The van der Waals surface area contributed by atoms with Crippen LogP contribution >= 0.6 is 0 Å². The first kappa shape index (κ1) is 21.3. The molecule has 1 saturated carbocycles. The lowest BCUT2D eigenvalue weighted by molar-refractivity contribution is -0.197. The van der Waals surface area contributed by atoms with Gasteiger partial charge in [0.25, 0.3) is 0 Å². The topological polar surface area (TPSA) is 51.2 Å². The summed E-state index contributed by atoms with van der Waals surface area (Å²) in [6, 6.07) is 0. The number of allylic oxidation sites excluding steroid dienone is 1. The average Bonchev–Trinajstić information content (AvgIpc) is 2.95. The lowest BCUT2D eigenvalue weighted by Crippen LogP contribution is -2.47. The van der Waals surface area contributed by atoms with Gasteiger partial charge in [-0.25, -0.2) is 0 Å². The zero-order valence-electron chi connectivity index (χ0n) is 17.8. The van der Waals surface area contributed by atoms with Gasteiger partial charge in [0, 0.05) is 18.4 Å². The third-order valence-electron chi connectivity index (χ3n) is 6.84. The van der Waals surface area contributed by atoms with Crippen molar-refractivity contribution in [2.24, 2.45) is 17.3 Å². The molecular weight excluding hydrogens is 342 g/mol. The Kier molecular flexibility index (Phi) is 6.69. The van der Waals surface area contributed by atoms with Crippen LogP contribution in [-0.2, 0) is 14.2 Å². The van der Waals surface area contributed by atoms with Gasteiger partial charge in [-0.3, -0.25) is 0 Å². The summed E-state index contributed by atoms with van der Waals surface area (Å²) < 4.78 is 18.7. The smallest absolute Gasteiger partial charge is 0.188 e. The van der Waals surface area contributed by atoms with Crippen LogP contribution in [-0.4, -0.2) is 61.5 Å². The molecule has 1 aliphatic heterocycles. The third-order valence-corrected chi connectivity index (χ3v) is 6.84. The molecule has 0 aromatic carbocycles. The number of hydrogen-bond acceptors (Lipinski definition) is 5. The second-order valence-corrected chi connectivity index (χ2v) is 9.68. The predicted octanol–water partition coefficient (Wildman–Crippen LogP) is 3.57. The fourth-order valence-electron chi connectivity index (χ4n) is 4.79. The Morgan fingerprint density at radius 2 is 2.00 bits per heavy atom. The first-order valence-electron chi connectivity index (χ1n) is 10.7. The molecule has 0 amide bonds. The van der Waals surface area contributed by atoms with Crippen LogP contribution in [0.25, 0.3) is 0 Å². The van der Waals surface area contributed by atoms with E-state index >= 15 is 0 Å². The average molecular weight is 382 g/mol. The summed E-state index contributed by atoms with van der Waals surface area (Å²) in [5.41, 5.74) is -0.287. The second-order valence-electron chi connectivity index (χ2n) is 9.68. The van der Waals surface area contributed by atoms with Crippen molar-refractivity contribution in [1.82, 2.24) is 4.90 Å². The largest absolute Gasteiger partial charge is 0.367 e. The van der Waals surface area contributed by atoms with Crippen molar-refractivity contribution in [3.05, 3.63) is 12.2 Å². The van der Waals surface area contributed by atoms with Gasteiger partial charge in [-0.2, -0.15) is 0 Å². The number of ether oxygens (including phenoxy) is 3. The maximum Gasteiger partial charge on any atom is 0.188 e. The van der Waals surface area contributed by atoms with Gasteiger partial charge < -0.3 is 24.2 Å². The van der Waals surface area contributed by atoms with Crippen LogP contribution < -0.4 is 0 Å². The Morgan fingerprint density at radius 1 is 1.26 bits per heavy atom. The van der Waals surface area contributed by atoms with E-state index in [1.54, 1.807) is 0 Å². The van der Waals surface area contributed by atoms with Gasteiger partial charge in [0.2, 0.25) is 0 Å². The Labute approximate surface area is 165 Å². The van der Waals surface area contributed by atoms with Crippen molar-refractivity contribution < 1.29 is 19.3 Å². The van der Waals surface area contributed by atoms with E-state index in [1.807, 2.05) is 14.1 Å². The van der Waals surface area contributed by atoms with Crippen molar-refractivity contribution in [1.29, 1.82) is 0 Å². The van der Waals surface area contributed by atoms with Crippen molar-refractivity contribution in [2.45, 2.75) is 83.6 Å². The number of rotatable bonds is 7. The third kappa shape index (κ3) is 4.76. The van der Waals surface area contributed by atoms with Crippen LogP contribution in [0.5, 0.6) is 0 Å². The highest BCUT2D eigenvalue weighted by molar-refractivity contribution is 5.05. The van der Waals surface area contributed by atoms with Crippen molar-refractivity contribution in [3.8, 4) is 0 Å². The van der Waals surface area contributed by atoms with Gasteiger partial charge in [-0.15, -0.1) is 0 Å². The molecule has 156 valence electrons. The normalized spacial score (nSPS) is 37.0. The fourth-order valence-corrected chi connectivity index (χ4v) is 4.79. The lowest BCUT2D eigenvalue weighted by Gasteiger charge is -2.40. The van der Waals surface area contributed by atoms with Gasteiger partial charge >= 0.3 is 0 Å². The van der Waals surface area contributed by atoms with Gasteiger partial charge in [-0.1, -0.05) is 26.8 Å². The first-order chi connectivity index (χ1) is 12.7. The summed E-state index contributed by atoms with van der Waals surface area (Å²) in [6.45, 7) is 7.82. The molecule has 1 spiro atoms. The molecular formula is C22H39NO4. The van der Waals surface area contributed by atoms with Crippen molar-refractivity contribution in [2.75, 3.05) is 27.2 Å². The monoisotopic (exact) mass is 381 g/mol. The van der Waals surface area contributed by atoms with Crippen LogP contribution in [0, 0.1) is 17.3 Å². The molecule has 0 aromatic rings. The van der Waals surface area contributed by atoms with E-state index in [1.165, 1.54) is 0 Å². The Morgan fingerprint density at radius 3 is 2.63 bits per heavy atom. The number of hydrogen-bond donors (Lipinski definition) is 1. The summed E-state index contributed by atoms with van der Waals surface area (Å²) in [5.74, 6) is 0.281. The molecule has 0 radical (unpaired) electrons. The summed E-state index contributed by atoms with van der Waals surface area (Å²) in [7, 11) is 4.09. The minimum atomic E-state index is -0.758. The molecule has 5 nitrogen and oxygen atoms in total. The maximum atomic E-state index is 10.8. The highest BCUT2D eigenvalue weighted by Crippen LogP contribution is 2.43. The van der Waals surface area contributed by atoms with Gasteiger partial charge in [0.15, 0.2) is 12.1 Å². The molecule has 0 aromatic heterocycles. The van der Waals surface area contributed by atoms with Crippen LogP contribution in [0.15, 0.2) is 12.2 Å². The molecule has 5 heteroatoms. The van der Waals surface area contributed by atoms with E-state index < -0.39 is 12.1 Å². The molecule has 3 aliphatic rings. The minimum Gasteiger partial charge on any atom is -0.367 e. The molecule has 2 fully saturated rings. The molecule has 6 atom stereocenters. The predicted molar refractivity (Wildman–Crippen MR) is 106 cm³/mol. The number of aliphatic hydroxyl groups is 1. The number of fused-ring (bicyclic) bond motifs is 1.